The molecule has 1 aliphatic rings. The highest BCUT2D eigenvalue weighted by Gasteiger charge is 2.25. The van der Waals surface area contributed by atoms with Gasteiger partial charge in [-0.05, 0) is 32.5 Å². The highest BCUT2D eigenvalue weighted by Crippen LogP contribution is 2.25. The molecule has 1 fully saturated rings. The van der Waals surface area contributed by atoms with Crippen molar-refractivity contribution < 1.29 is 0 Å². The molecule has 0 aromatic heterocycles. The molecule has 0 aromatic carbocycles. The first kappa shape index (κ1) is 8.75. The Labute approximate surface area is 69.3 Å². The third-order valence-corrected chi connectivity index (χ3v) is 2.07. The Kier molecular flexibility index (Phi) is 3.09. The summed E-state index contributed by atoms with van der Waals surface area (Å²) in [5.74, 6) is 0. The minimum atomic E-state index is 0.851. The summed E-state index contributed by atoms with van der Waals surface area (Å²) < 4.78 is 0. The van der Waals surface area contributed by atoms with E-state index in [0.717, 1.165) is 19.1 Å². The first-order valence-corrected chi connectivity index (χ1v) is 4.25. The third-order valence-electron chi connectivity index (χ3n) is 2.07. The monoisotopic (exact) mass is 154 g/mol. The minimum Gasteiger partial charge on any atom is -0.316 e. The van der Waals surface area contributed by atoms with Crippen LogP contribution in [0.25, 0.3) is 0 Å². The second kappa shape index (κ2) is 3.88. The van der Waals surface area contributed by atoms with Crippen LogP contribution in [0.15, 0.2) is 12.2 Å². The maximum Gasteiger partial charge on any atom is 0.0202 e. The summed E-state index contributed by atoms with van der Waals surface area (Å²) in [6.45, 7) is 5.98. The molecule has 0 unspecified atom stereocenters. The SMILES string of the molecule is C=C(CNC)CN(C)C1CC1. The van der Waals surface area contributed by atoms with Gasteiger partial charge in [-0.1, -0.05) is 6.58 Å². The lowest BCUT2D eigenvalue weighted by atomic mass is 10.3. The first-order chi connectivity index (χ1) is 5.24. The van der Waals surface area contributed by atoms with Gasteiger partial charge < -0.3 is 5.32 Å². The van der Waals surface area contributed by atoms with Crippen LogP contribution >= 0.6 is 0 Å². The van der Waals surface area contributed by atoms with Crippen LogP contribution in [0.1, 0.15) is 12.8 Å². The molecule has 0 bridgehead atoms. The van der Waals surface area contributed by atoms with Crippen LogP contribution in [0.4, 0.5) is 0 Å². The molecule has 0 amide bonds. The van der Waals surface area contributed by atoms with Gasteiger partial charge in [-0.25, -0.2) is 0 Å². The zero-order chi connectivity index (χ0) is 8.27. The largest absolute Gasteiger partial charge is 0.316 e. The van der Waals surface area contributed by atoms with Gasteiger partial charge in [0.05, 0.1) is 0 Å². The smallest absolute Gasteiger partial charge is 0.0202 e. The number of nitrogens with zero attached hydrogens (tertiary/aromatic N) is 1. The first-order valence-electron chi connectivity index (χ1n) is 4.25. The van der Waals surface area contributed by atoms with Crippen molar-refractivity contribution in [3.05, 3.63) is 12.2 Å². The van der Waals surface area contributed by atoms with Crippen molar-refractivity contribution in [1.82, 2.24) is 10.2 Å². The number of hydrogen-bond donors (Lipinski definition) is 1. The van der Waals surface area contributed by atoms with Crippen LogP contribution in [-0.4, -0.2) is 38.1 Å². The fourth-order valence-electron chi connectivity index (χ4n) is 1.30. The molecule has 1 saturated carbocycles. The van der Waals surface area contributed by atoms with Gasteiger partial charge in [0.1, 0.15) is 0 Å². The van der Waals surface area contributed by atoms with E-state index in [1.165, 1.54) is 18.4 Å². The molecule has 0 radical (unpaired) electrons. The molecule has 1 N–H and O–H groups in total. The van der Waals surface area contributed by atoms with Crippen molar-refractivity contribution in [3.8, 4) is 0 Å². The van der Waals surface area contributed by atoms with Gasteiger partial charge >= 0.3 is 0 Å². The summed E-state index contributed by atoms with van der Waals surface area (Å²) in [4.78, 5) is 2.39. The lowest BCUT2D eigenvalue weighted by molar-refractivity contribution is 0.350. The highest BCUT2D eigenvalue weighted by molar-refractivity contribution is 5.01. The molecule has 1 aliphatic carbocycles. The summed E-state index contributed by atoms with van der Waals surface area (Å²) in [6, 6.07) is 0.851. The number of likely N-dealkylation sites (N-methyl/N-ethyl adjacent to an activating group) is 2. The fraction of sp³-hybridized carbons (Fsp3) is 0.778. The van der Waals surface area contributed by atoms with E-state index < -0.39 is 0 Å². The van der Waals surface area contributed by atoms with Gasteiger partial charge in [0.25, 0.3) is 0 Å². The molecular weight excluding hydrogens is 136 g/mol. The molecule has 0 aliphatic heterocycles. The van der Waals surface area contributed by atoms with Crippen LogP contribution in [0.5, 0.6) is 0 Å². The molecular formula is C9H18N2. The van der Waals surface area contributed by atoms with Crippen LogP contribution < -0.4 is 5.32 Å². The molecule has 2 heteroatoms. The predicted octanol–water partition coefficient (Wildman–Crippen LogP) is 0.856. The van der Waals surface area contributed by atoms with E-state index in [9.17, 15) is 0 Å². The van der Waals surface area contributed by atoms with Gasteiger partial charge in [0.2, 0.25) is 0 Å². The number of hydrogen-bond acceptors (Lipinski definition) is 2. The van der Waals surface area contributed by atoms with Crippen LogP contribution in [-0.2, 0) is 0 Å². The molecule has 2 nitrogen and oxygen atoms in total. The van der Waals surface area contributed by atoms with Gasteiger partial charge in [-0.15, -0.1) is 0 Å². The van der Waals surface area contributed by atoms with Crippen molar-refractivity contribution in [1.29, 1.82) is 0 Å². The van der Waals surface area contributed by atoms with E-state index in [0.29, 0.717) is 0 Å². The van der Waals surface area contributed by atoms with Gasteiger partial charge in [-0.3, -0.25) is 4.90 Å². The Morgan fingerprint density at radius 1 is 1.64 bits per heavy atom. The summed E-state index contributed by atoms with van der Waals surface area (Å²) in [6.07, 6.45) is 2.76. The van der Waals surface area contributed by atoms with Crippen molar-refractivity contribution in [2.75, 3.05) is 27.2 Å². The topological polar surface area (TPSA) is 15.3 Å². The molecule has 0 atom stereocenters. The van der Waals surface area contributed by atoms with E-state index in [1.54, 1.807) is 0 Å². The summed E-state index contributed by atoms with van der Waals surface area (Å²) in [5.41, 5.74) is 1.28. The average molecular weight is 154 g/mol. The molecule has 0 aromatic rings. The van der Waals surface area contributed by atoms with Crippen LogP contribution in [0.2, 0.25) is 0 Å². The number of rotatable bonds is 5. The van der Waals surface area contributed by atoms with Crippen molar-refractivity contribution in [2.45, 2.75) is 18.9 Å². The third kappa shape index (κ3) is 3.04. The Bertz CT molecular complexity index is 138. The zero-order valence-electron chi connectivity index (χ0n) is 7.56. The van der Waals surface area contributed by atoms with Crippen LogP contribution in [0, 0.1) is 0 Å². The molecule has 0 saturated heterocycles. The van der Waals surface area contributed by atoms with Crippen molar-refractivity contribution >= 4 is 0 Å². The molecule has 64 valence electrons. The van der Waals surface area contributed by atoms with Gasteiger partial charge in [0.15, 0.2) is 0 Å². The molecule has 0 heterocycles. The average Bonchev–Trinajstić information content (AvgIpc) is 2.67. The second-order valence-corrected chi connectivity index (χ2v) is 3.43. The molecule has 1 rings (SSSR count). The summed E-state index contributed by atoms with van der Waals surface area (Å²) >= 11 is 0. The Balaban J connectivity index is 2.12. The normalized spacial score (nSPS) is 17.4. The number of nitrogens with one attached hydrogen (secondary N) is 1. The van der Waals surface area contributed by atoms with E-state index in [4.69, 9.17) is 0 Å². The van der Waals surface area contributed by atoms with E-state index in [1.807, 2.05) is 7.05 Å². The van der Waals surface area contributed by atoms with Crippen molar-refractivity contribution in [2.24, 2.45) is 0 Å². The minimum absolute atomic E-state index is 0.851. The van der Waals surface area contributed by atoms with E-state index >= 15 is 0 Å². The maximum absolute atomic E-state index is 3.99. The quantitative estimate of drug-likeness (QED) is 0.591. The zero-order valence-corrected chi connectivity index (χ0v) is 7.56. The standard InChI is InChI=1S/C9H18N2/c1-8(6-10-2)7-11(3)9-4-5-9/h9-10H,1,4-7H2,2-3H3. The van der Waals surface area contributed by atoms with E-state index in [2.05, 4.69) is 23.8 Å². The Hall–Kier alpha value is -0.340. The lowest BCUT2D eigenvalue weighted by Crippen LogP contribution is -2.26. The maximum atomic E-state index is 3.99. The van der Waals surface area contributed by atoms with E-state index in [-0.39, 0.29) is 0 Å². The molecule has 11 heavy (non-hydrogen) atoms. The van der Waals surface area contributed by atoms with Crippen LogP contribution in [0.3, 0.4) is 0 Å². The van der Waals surface area contributed by atoms with Crippen molar-refractivity contribution in [3.63, 3.8) is 0 Å². The van der Waals surface area contributed by atoms with Gasteiger partial charge in [0, 0.05) is 19.1 Å². The fourth-order valence-corrected chi connectivity index (χ4v) is 1.30. The Morgan fingerprint density at radius 3 is 2.73 bits per heavy atom. The summed E-state index contributed by atoms with van der Waals surface area (Å²) in [5, 5.41) is 3.11. The Morgan fingerprint density at radius 2 is 2.27 bits per heavy atom. The predicted molar refractivity (Wildman–Crippen MR) is 48.7 cm³/mol. The lowest BCUT2D eigenvalue weighted by Gasteiger charge is -2.16. The van der Waals surface area contributed by atoms with Gasteiger partial charge in [-0.2, -0.15) is 0 Å². The second-order valence-electron chi connectivity index (χ2n) is 3.43. The summed E-state index contributed by atoms with van der Waals surface area (Å²) in [7, 11) is 4.14. The molecule has 0 spiro atoms. The highest BCUT2D eigenvalue weighted by atomic mass is 15.1.